The fourth-order valence-electron chi connectivity index (χ4n) is 2.86. The van der Waals surface area contributed by atoms with Crippen LogP contribution >= 0.6 is 24.0 Å². The topological polar surface area (TPSA) is 91.8 Å². The molecule has 0 aliphatic heterocycles. The molecule has 3 N–H and O–H groups in total. The summed E-state index contributed by atoms with van der Waals surface area (Å²) in [7, 11) is -0.0457. The first-order chi connectivity index (χ1) is 13.9. The van der Waals surface area contributed by atoms with Crippen LogP contribution in [0.2, 0.25) is 0 Å². The molecule has 0 saturated heterocycles. The molecular formula is C21H29IN4O3S. The molecule has 2 aromatic rings. The molecule has 1 fully saturated rings. The first-order valence-corrected chi connectivity index (χ1v) is 11.1. The molecule has 0 atom stereocenters. The van der Waals surface area contributed by atoms with Gasteiger partial charge in [-0.3, -0.25) is 4.99 Å². The summed E-state index contributed by atoms with van der Waals surface area (Å²) in [6.07, 6.45) is 1.84. The van der Waals surface area contributed by atoms with Gasteiger partial charge in [-0.2, -0.15) is 0 Å². The Labute approximate surface area is 195 Å². The number of ether oxygens (including phenoxy) is 1. The summed E-state index contributed by atoms with van der Waals surface area (Å²) in [6.45, 7) is 3.13. The van der Waals surface area contributed by atoms with Crippen LogP contribution in [-0.4, -0.2) is 34.6 Å². The van der Waals surface area contributed by atoms with E-state index in [1.165, 1.54) is 0 Å². The van der Waals surface area contributed by atoms with E-state index >= 15 is 0 Å². The SMILES string of the molecule is CN=C(NCc1ccc(S(=O)(=O)NC2CC2)cc1)NCc1ccc(C)cc1OC.I. The summed E-state index contributed by atoms with van der Waals surface area (Å²) < 4.78 is 32.6. The summed E-state index contributed by atoms with van der Waals surface area (Å²) in [5.41, 5.74) is 3.15. The molecule has 9 heteroatoms. The van der Waals surface area contributed by atoms with Crippen LogP contribution in [0.15, 0.2) is 52.4 Å². The van der Waals surface area contributed by atoms with Crippen LogP contribution in [0.4, 0.5) is 0 Å². The van der Waals surface area contributed by atoms with Gasteiger partial charge in [0.25, 0.3) is 0 Å². The quantitative estimate of drug-likeness (QED) is 0.270. The third-order valence-electron chi connectivity index (χ3n) is 4.71. The number of nitrogens with zero attached hydrogens (tertiary/aromatic N) is 1. The lowest BCUT2D eigenvalue weighted by atomic mass is 10.1. The first-order valence-electron chi connectivity index (χ1n) is 9.60. The maximum atomic E-state index is 12.2. The van der Waals surface area contributed by atoms with Crippen molar-refractivity contribution in [1.29, 1.82) is 0 Å². The molecule has 0 radical (unpaired) electrons. The predicted molar refractivity (Wildman–Crippen MR) is 130 cm³/mol. The van der Waals surface area contributed by atoms with Crippen molar-refractivity contribution in [1.82, 2.24) is 15.4 Å². The fraction of sp³-hybridized carbons (Fsp3) is 0.381. The van der Waals surface area contributed by atoms with E-state index < -0.39 is 10.0 Å². The Balaban J connectivity index is 0.00000320. The summed E-state index contributed by atoms with van der Waals surface area (Å²) in [4.78, 5) is 4.53. The van der Waals surface area contributed by atoms with Crippen molar-refractivity contribution < 1.29 is 13.2 Å². The van der Waals surface area contributed by atoms with Crippen molar-refractivity contribution in [3.05, 3.63) is 59.2 Å². The Morgan fingerprint density at radius 2 is 1.77 bits per heavy atom. The minimum atomic E-state index is -3.42. The zero-order chi connectivity index (χ0) is 20.9. The minimum Gasteiger partial charge on any atom is -0.496 e. The number of methoxy groups -OCH3 is 1. The average Bonchev–Trinajstić information content (AvgIpc) is 3.52. The van der Waals surface area contributed by atoms with Crippen LogP contribution < -0.4 is 20.1 Å². The Kier molecular flexibility index (Phi) is 8.92. The maximum Gasteiger partial charge on any atom is 0.240 e. The number of rotatable bonds is 8. The van der Waals surface area contributed by atoms with E-state index in [2.05, 4.69) is 20.3 Å². The number of guanidine groups is 1. The molecule has 0 aromatic heterocycles. The zero-order valence-corrected chi connectivity index (χ0v) is 20.6. The summed E-state index contributed by atoms with van der Waals surface area (Å²) >= 11 is 0. The van der Waals surface area contributed by atoms with Gasteiger partial charge in [-0.05, 0) is 49.1 Å². The van der Waals surface area contributed by atoms with Gasteiger partial charge in [0.15, 0.2) is 5.96 Å². The number of hydrogen-bond donors (Lipinski definition) is 3. The maximum absolute atomic E-state index is 12.2. The van der Waals surface area contributed by atoms with Crippen molar-refractivity contribution in [3.63, 3.8) is 0 Å². The smallest absolute Gasteiger partial charge is 0.240 e. The van der Waals surface area contributed by atoms with E-state index in [-0.39, 0.29) is 30.0 Å². The molecule has 7 nitrogen and oxygen atoms in total. The number of nitrogens with one attached hydrogen (secondary N) is 3. The number of aryl methyl sites for hydroxylation is 1. The molecule has 3 rings (SSSR count). The molecule has 164 valence electrons. The highest BCUT2D eigenvalue weighted by atomic mass is 127. The van der Waals surface area contributed by atoms with Crippen LogP contribution in [0, 0.1) is 6.92 Å². The number of hydrogen-bond acceptors (Lipinski definition) is 4. The Morgan fingerprint density at radius 3 is 2.37 bits per heavy atom. The predicted octanol–water partition coefficient (Wildman–Crippen LogP) is 2.93. The van der Waals surface area contributed by atoms with Gasteiger partial charge in [-0.15, -0.1) is 24.0 Å². The third kappa shape index (κ3) is 6.85. The van der Waals surface area contributed by atoms with Crippen LogP contribution in [0.25, 0.3) is 0 Å². The van der Waals surface area contributed by atoms with Crippen molar-refractivity contribution >= 4 is 40.0 Å². The largest absolute Gasteiger partial charge is 0.496 e. The van der Waals surface area contributed by atoms with Gasteiger partial charge in [0.05, 0.1) is 12.0 Å². The zero-order valence-electron chi connectivity index (χ0n) is 17.4. The van der Waals surface area contributed by atoms with E-state index in [4.69, 9.17) is 4.74 Å². The van der Waals surface area contributed by atoms with Crippen molar-refractivity contribution in [2.24, 2.45) is 4.99 Å². The Hall–Kier alpha value is -1.85. The lowest BCUT2D eigenvalue weighted by Gasteiger charge is -2.14. The van der Waals surface area contributed by atoms with Crippen LogP contribution in [0.3, 0.4) is 0 Å². The number of halogens is 1. The first kappa shape index (κ1) is 24.4. The molecule has 0 heterocycles. The molecule has 1 aliphatic rings. The number of aliphatic imine (C=N–C) groups is 1. The lowest BCUT2D eigenvalue weighted by molar-refractivity contribution is 0.408. The van der Waals surface area contributed by atoms with Gasteiger partial charge in [-0.1, -0.05) is 24.3 Å². The van der Waals surface area contributed by atoms with Crippen molar-refractivity contribution in [2.75, 3.05) is 14.2 Å². The van der Waals surface area contributed by atoms with Crippen LogP contribution in [-0.2, 0) is 23.1 Å². The molecule has 30 heavy (non-hydrogen) atoms. The summed E-state index contributed by atoms with van der Waals surface area (Å²) in [5, 5.41) is 6.51. The monoisotopic (exact) mass is 544 g/mol. The van der Waals surface area contributed by atoms with E-state index in [1.54, 1.807) is 26.3 Å². The van der Waals surface area contributed by atoms with Gasteiger partial charge in [0, 0.05) is 31.7 Å². The number of benzene rings is 2. The Bertz CT molecular complexity index is 974. The van der Waals surface area contributed by atoms with Gasteiger partial charge >= 0.3 is 0 Å². The van der Waals surface area contributed by atoms with E-state index in [0.29, 0.717) is 23.9 Å². The van der Waals surface area contributed by atoms with Crippen molar-refractivity contribution in [2.45, 2.75) is 43.8 Å². The molecule has 1 saturated carbocycles. The van der Waals surface area contributed by atoms with Crippen molar-refractivity contribution in [3.8, 4) is 5.75 Å². The number of sulfonamides is 1. The molecule has 1 aliphatic carbocycles. The van der Waals surface area contributed by atoms with E-state index in [9.17, 15) is 8.42 Å². The third-order valence-corrected chi connectivity index (χ3v) is 6.24. The van der Waals surface area contributed by atoms with Crippen LogP contribution in [0.1, 0.15) is 29.5 Å². The lowest BCUT2D eigenvalue weighted by Crippen LogP contribution is -2.36. The second-order valence-electron chi connectivity index (χ2n) is 7.13. The average molecular weight is 544 g/mol. The highest BCUT2D eigenvalue weighted by Crippen LogP contribution is 2.22. The summed E-state index contributed by atoms with van der Waals surface area (Å²) in [5.74, 6) is 1.49. The fourth-order valence-corrected chi connectivity index (χ4v) is 4.16. The second kappa shape index (κ2) is 11.0. The Morgan fingerprint density at radius 1 is 1.10 bits per heavy atom. The second-order valence-corrected chi connectivity index (χ2v) is 8.85. The normalized spacial score (nSPS) is 14.0. The van der Waals surface area contributed by atoms with Gasteiger partial charge in [-0.25, -0.2) is 13.1 Å². The molecule has 2 aromatic carbocycles. The minimum absolute atomic E-state index is 0. The van der Waals surface area contributed by atoms with E-state index in [0.717, 1.165) is 35.3 Å². The highest BCUT2D eigenvalue weighted by Gasteiger charge is 2.27. The van der Waals surface area contributed by atoms with Gasteiger partial charge < -0.3 is 15.4 Å². The standard InChI is InChI=1S/C21H28N4O3S.HI/c1-15-4-7-17(20(12-15)28-3)14-24-21(22-2)23-13-16-5-10-19(11-6-16)29(26,27)25-18-8-9-18;/h4-7,10-12,18,25H,8-9,13-14H2,1-3H3,(H2,22,23,24);1H. The summed E-state index contributed by atoms with van der Waals surface area (Å²) in [6, 6.07) is 13.1. The molecule has 0 amide bonds. The molecule has 0 unspecified atom stereocenters. The van der Waals surface area contributed by atoms with Gasteiger partial charge in [0.2, 0.25) is 10.0 Å². The van der Waals surface area contributed by atoms with Crippen LogP contribution in [0.5, 0.6) is 5.75 Å². The van der Waals surface area contributed by atoms with Gasteiger partial charge in [0.1, 0.15) is 5.75 Å². The van der Waals surface area contributed by atoms with E-state index in [1.807, 2.05) is 37.3 Å². The molecular weight excluding hydrogens is 515 g/mol. The highest BCUT2D eigenvalue weighted by molar-refractivity contribution is 14.0. The molecule has 0 bridgehead atoms. The molecule has 0 spiro atoms.